The second kappa shape index (κ2) is 8.42. The zero-order valence-corrected chi connectivity index (χ0v) is 16.8. The van der Waals surface area contributed by atoms with Crippen molar-refractivity contribution in [1.29, 1.82) is 0 Å². The van der Waals surface area contributed by atoms with Crippen molar-refractivity contribution >= 4 is 40.9 Å². The molecule has 10 heteroatoms. The molecule has 2 N–H and O–H groups in total. The number of anilines is 2. The number of benzene rings is 1. The first-order valence-electron chi connectivity index (χ1n) is 9.74. The van der Waals surface area contributed by atoms with Crippen molar-refractivity contribution < 1.29 is 24.2 Å². The Hall–Kier alpha value is -2.59. The number of nitrogens with zero attached hydrogens (tertiary/aromatic N) is 3. The van der Waals surface area contributed by atoms with Gasteiger partial charge in [0, 0.05) is 17.9 Å². The summed E-state index contributed by atoms with van der Waals surface area (Å²) >= 11 is 5.43. The second-order valence-electron chi connectivity index (χ2n) is 7.26. The number of aliphatic hydroxyl groups is 1. The molecule has 0 aromatic heterocycles. The van der Waals surface area contributed by atoms with Gasteiger partial charge in [0.1, 0.15) is 12.7 Å². The number of likely N-dealkylation sites (tertiary alicyclic amines) is 1. The number of hydrogen-bond donors (Lipinski definition) is 2. The van der Waals surface area contributed by atoms with Crippen LogP contribution in [-0.2, 0) is 9.47 Å². The molecular formula is C19H24N4O5S. The van der Waals surface area contributed by atoms with Gasteiger partial charge in [0.25, 0.3) is 0 Å². The molecule has 2 atom stereocenters. The van der Waals surface area contributed by atoms with Crippen molar-refractivity contribution in [1.82, 2.24) is 10.2 Å². The van der Waals surface area contributed by atoms with Crippen molar-refractivity contribution in [3.63, 3.8) is 0 Å². The number of rotatable bonds is 5. The summed E-state index contributed by atoms with van der Waals surface area (Å²) in [4.78, 5) is 29.1. The van der Waals surface area contributed by atoms with Gasteiger partial charge < -0.3 is 24.8 Å². The molecule has 1 aromatic carbocycles. The summed E-state index contributed by atoms with van der Waals surface area (Å²) in [7, 11) is 0. The Labute approximate surface area is 174 Å². The smallest absolute Gasteiger partial charge is 0.414 e. The van der Waals surface area contributed by atoms with Crippen LogP contribution in [0.5, 0.6) is 0 Å². The van der Waals surface area contributed by atoms with Gasteiger partial charge >= 0.3 is 12.2 Å². The van der Waals surface area contributed by atoms with Gasteiger partial charge in [-0.05, 0) is 49.3 Å². The van der Waals surface area contributed by atoms with Crippen LogP contribution in [0.4, 0.5) is 21.0 Å². The molecular weight excluding hydrogens is 396 g/mol. The first kappa shape index (κ1) is 19.7. The van der Waals surface area contributed by atoms with E-state index in [0.29, 0.717) is 37.0 Å². The molecule has 3 heterocycles. The summed E-state index contributed by atoms with van der Waals surface area (Å²) in [6, 6.07) is 7.22. The Morgan fingerprint density at radius 1 is 1.14 bits per heavy atom. The fraction of sp³-hybridized carbons (Fsp3) is 0.526. The molecule has 0 aliphatic carbocycles. The van der Waals surface area contributed by atoms with Crippen molar-refractivity contribution in [2.75, 3.05) is 49.2 Å². The molecule has 1 aromatic rings. The number of carbonyl (C=O) groups excluding carboxylic acids is 2. The van der Waals surface area contributed by atoms with Crippen LogP contribution in [0.15, 0.2) is 24.3 Å². The molecule has 0 unspecified atom stereocenters. The first-order valence-corrected chi connectivity index (χ1v) is 10.2. The maximum absolute atomic E-state index is 12.3. The minimum atomic E-state index is -0.412. The van der Waals surface area contributed by atoms with Crippen molar-refractivity contribution in [3.8, 4) is 0 Å². The van der Waals surface area contributed by atoms with Gasteiger partial charge in [0.15, 0.2) is 5.11 Å². The highest BCUT2D eigenvalue weighted by atomic mass is 32.1. The summed E-state index contributed by atoms with van der Waals surface area (Å²) in [5.41, 5.74) is 1.44. The molecule has 156 valence electrons. The molecule has 0 saturated carbocycles. The number of ether oxygens (including phenoxy) is 2. The zero-order valence-electron chi connectivity index (χ0n) is 16.0. The van der Waals surface area contributed by atoms with E-state index in [1.54, 1.807) is 34.1 Å². The number of thiocarbonyl (C=S) groups is 1. The normalized spacial score (nSPS) is 24.1. The van der Waals surface area contributed by atoms with E-state index in [-0.39, 0.29) is 24.8 Å². The second-order valence-corrected chi connectivity index (χ2v) is 7.64. The van der Waals surface area contributed by atoms with Gasteiger partial charge in [0.2, 0.25) is 0 Å². The minimum absolute atomic E-state index is 0.0593. The van der Waals surface area contributed by atoms with Crippen LogP contribution in [0.3, 0.4) is 0 Å². The summed E-state index contributed by atoms with van der Waals surface area (Å²) in [5.74, 6) is 0. The molecule has 0 bridgehead atoms. The Morgan fingerprint density at radius 3 is 2.52 bits per heavy atom. The molecule has 0 radical (unpaired) electrons. The molecule has 0 spiro atoms. The van der Waals surface area contributed by atoms with E-state index < -0.39 is 6.09 Å². The van der Waals surface area contributed by atoms with E-state index in [4.69, 9.17) is 21.7 Å². The topological polar surface area (TPSA) is 94.6 Å². The standard InChI is InChI=1S/C19H24N4O5S/c24-12-15-2-1-7-21(15)17(29)20-10-16-11-23(19(26)28-16)14-5-3-13(4-6-14)22-8-9-27-18(22)25/h3-6,15-16,24H,1-2,7-12H2,(H,20,29)/t15-,16-/m0/s1. The Bertz CT molecular complexity index is 789. The maximum atomic E-state index is 12.3. The Morgan fingerprint density at radius 2 is 1.86 bits per heavy atom. The van der Waals surface area contributed by atoms with E-state index in [2.05, 4.69) is 5.32 Å². The van der Waals surface area contributed by atoms with Crippen LogP contribution in [0.2, 0.25) is 0 Å². The quantitative estimate of drug-likeness (QED) is 0.689. The van der Waals surface area contributed by atoms with Crippen LogP contribution < -0.4 is 15.1 Å². The summed E-state index contributed by atoms with van der Waals surface area (Å²) in [6.07, 6.45) is 0.830. The maximum Gasteiger partial charge on any atom is 0.414 e. The van der Waals surface area contributed by atoms with Gasteiger partial charge in [0.05, 0.1) is 32.3 Å². The van der Waals surface area contributed by atoms with Gasteiger partial charge in [-0.3, -0.25) is 9.80 Å². The summed E-state index contributed by atoms with van der Waals surface area (Å²) in [6.45, 7) is 2.62. The van der Waals surface area contributed by atoms with Gasteiger partial charge in [-0.2, -0.15) is 0 Å². The Balaban J connectivity index is 1.32. The molecule has 2 amide bonds. The van der Waals surface area contributed by atoms with Gasteiger partial charge in [-0.15, -0.1) is 0 Å². The lowest BCUT2D eigenvalue weighted by atomic mass is 10.2. The SMILES string of the molecule is O=C1OCCN1c1ccc(N2C[C@H](CNC(=S)N3CCC[C@H]3CO)OC2=O)cc1. The highest BCUT2D eigenvalue weighted by Gasteiger charge is 2.33. The lowest BCUT2D eigenvalue weighted by Crippen LogP contribution is -2.46. The number of cyclic esters (lactones) is 2. The molecule has 3 saturated heterocycles. The van der Waals surface area contributed by atoms with Crippen molar-refractivity contribution in [3.05, 3.63) is 24.3 Å². The lowest BCUT2D eigenvalue weighted by Gasteiger charge is -2.26. The van der Waals surface area contributed by atoms with Crippen LogP contribution in [0, 0.1) is 0 Å². The summed E-state index contributed by atoms with van der Waals surface area (Å²) in [5, 5.41) is 13.2. The number of nitrogens with one attached hydrogen (secondary N) is 1. The lowest BCUT2D eigenvalue weighted by molar-refractivity contribution is 0.142. The third-order valence-electron chi connectivity index (χ3n) is 5.44. The molecule has 29 heavy (non-hydrogen) atoms. The molecule has 9 nitrogen and oxygen atoms in total. The molecule has 3 aliphatic rings. The van der Waals surface area contributed by atoms with Crippen LogP contribution in [-0.4, -0.2) is 78.8 Å². The predicted molar refractivity (Wildman–Crippen MR) is 110 cm³/mol. The third-order valence-corrected chi connectivity index (χ3v) is 5.82. The number of carbonyl (C=O) groups is 2. The monoisotopic (exact) mass is 420 g/mol. The van der Waals surface area contributed by atoms with Crippen molar-refractivity contribution in [2.24, 2.45) is 0 Å². The fourth-order valence-electron chi connectivity index (χ4n) is 3.87. The average Bonchev–Trinajstić information content (AvgIpc) is 3.46. The molecule has 3 aliphatic heterocycles. The predicted octanol–water partition coefficient (Wildman–Crippen LogP) is 1.30. The van der Waals surface area contributed by atoms with Gasteiger partial charge in [-0.1, -0.05) is 0 Å². The van der Waals surface area contributed by atoms with Crippen LogP contribution in [0.1, 0.15) is 12.8 Å². The van der Waals surface area contributed by atoms with E-state index in [9.17, 15) is 14.7 Å². The van der Waals surface area contributed by atoms with Crippen LogP contribution >= 0.6 is 12.2 Å². The van der Waals surface area contributed by atoms with E-state index in [1.807, 2.05) is 4.90 Å². The average molecular weight is 420 g/mol. The van der Waals surface area contributed by atoms with E-state index in [1.165, 1.54) is 0 Å². The number of aliphatic hydroxyl groups excluding tert-OH is 1. The largest absolute Gasteiger partial charge is 0.447 e. The third kappa shape index (κ3) is 4.08. The zero-order chi connectivity index (χ0) is 20.4. The fourth-order valence-corrected chi connectivity index (χ4v) is 4.20. The highest BCUT2D eigenvalue weighted by Crippen LogP contribution is 2.26. The Kier molecular flexibility index (Phi) is 5.72. The number of hydrogen-bond acceptors (Lipinski definition) is 6. The molecule has 4 rings (SSSR count). The molecule has 3 fully saturated rings. The van der Waals surface area contributed by atoms with Crippen LogP contribution in [0.25, 0.3) is 0 Å². The van der Waals surface area contributed by atoms with Gasteiger partial charge in [-0.25, -0.2) is 9.59 Å². The highest BCUT2D eigenvalue weighted by molar-refractivity contribution is 7.80. The van der Waals surface area contributed by atoms with Crippen molar-refractivity contribution in [2.45, 2.75) is 25.0 Å². The van der Waals surface area contributed by atoms with E-state index >= 15 is 0 Å². The summed E-state index contributed by atoms with van der Waals surface area (Å²) < 4.78 is 10.4. The first-order chi connectivity index (χ1) is 14.1. The minimum Gasteiger partial charge on any atom is -0.447 e. The van der Waals surface area contributed by atoms with E-state index in [0.717, 1.165) is 25.1 Å². The number of amides is 2.